The first-order valence-corrected chi connectivity index (χ1v) is 11.7. The van der Waals surface area contributed by atoms with E-state index in [0.717, 1.165) is 32.5 Å². The molecule has 4 rings (SSSR count). The first kappa shape index (κ1) is 22.5. The molecule has 0 saturated carbocycles. The van der Waals surface area contributed by atoms with Gasteiger partial charge in [-0.1, -0.05) is 12.1 Å². The molecular weight excluding hydrogens is 402 g/mol. The van der Waals surface area contributed by atoms with E-state index in [0.29, 0.717) is 18.8 Å². The number of carbonyl (C=O) groups is 2. The summed E-state index contributed by atoms with van der Waals surface area (Å²) >= 11 is 0. The van der Waals surface area contributed by atoms with Gasteiger partial charge in [0, 0.05) is 57.1 Å². The number of ketones is 1. The number of likely N-dealkylation sites (tertiary alicyclic amines) is 1. The van der Waals surface area contributed by atoms with Crippen LogP contribution in [0.25, 0.3) is 0 Å². The predicted molar refractivity (Wildman–Crippen MR) is 126 cm³/mol. The molecule has 0 spiro atoms. The Labute approximate surface area is 191 Å². The lowest BCUT2D eigenvalue weighted by atomic mass is 9.87. The van der Waals surface area contributed by atoms with Crippen LogP contribution in [0, 0.1) is 6.92 Å². The number of hydrogen-bond donors (Lipinski definition) is 0. The number of rotatable bonds is 5. The van der Waals surface area contributed by atoms with Crippen LogP contribution in [0.1, 0.15) is 61.1 Å². The van der Waals surface area contributed by atoms with Crippen molar-refractivity contribution in [2.45, 2.75) is 58.5 Å². The van der Waals surface area contributed by atoms with Crippen molar-refractivity contribution < 1.29 is 9.59 Å². The largest absolute Gasteiger partial charge is 0.371 e. The molecule has 1 amide bonds. The van der Waals surface area contributed by atoms with Crippen LogP contribution in [0.2, 0.25) is 0 Å². The van der Waals surface area contributed by atoms with Crippen LogP contribution in [-0.2, 0) is 6.54 Å². The highest BCUT2D eigenvalue weighted by atomic mass is 16.2. The highest BCUT2D eigenvalue weighted by molar-refractivity contribution is 5.92. The van der Waals surface area contributed by atoms with Gasteiger partial charge in [-0.25, -0.2) is 4.79 Å². The van der Waals surface area contributed by atoms with Gasteiger partial charge in [0.25, 0.3) is 0 Å². The Balaban J connectivity index is 1.38. The number of anilines is 1. The summed E-state index contributed by atoms with van der Waals surface area (Å²) in [6.07, 6.45) is 5.95. The third kappa shape index (κ3) is 4.58. The summed E-state index contributed by atoms with van der Waals surface area (Å²) in [5, 5.41) is 4.12. The summed E-state index contributed by atoms with van der Waals surface area (Å²) in [7, 11) is 2.19. The second kappa shape index (κ2) is 9.06. The average molecular weight is 438 g/mol. The summed E-state index contributed by atoms with van der Waals surface area (Å²) in [6, 6.07) is 8.30. The van der Waals surface area contributed by atoms with E-state index in [1.807, 2.05) is 4.90 Å². The summed E-state index contributed by atoms with van der Waals surface area (Å²) in [6.45, 7) is 10.5. The van der Waals surface area contributed by atoms with Gasteiger partial charge in [-0.2, -0.15) is 9.78 Å². The number of Topliss-reactive ketones (excluding diaryl/α,β-unsaturated/α-hetero) is 1. The predicted octanol–water partition coefficient (Wildman–Crippen LogP) is 3.95. The van der Waals surface area contributed by atoms with Crippen LogP contribution in [0.15, 0.2) is 30.5 Å². The number of aryl methyl sites for hydroxylation is 1. The molecule has 0 bridgehead atoms. The van der Waals surface area contributed by atoms with Crippen LogP contribution >= 0.6 is 0 Å². The summed E-state index contributed by atoms with van der Waals surface area (Å²) in [4.78, 5) is 31.1. The molecule has 32 heavy (non-hydrogen) atoms. The first-order chi connectivity index (χ1) is 15.3. The van der Waals surface area contributed by atoms with E-state index in [1.165, 1.54) is 41.3 Å². The van der Waals surface area contributed by atoms with Crippen LogP contribution in [0.3, 0.4) is 0 Å². The molecule has 2 aliphatic heterocycles. The minimum atomic E-state index is -0.156. The molecule has 0 unspecified atom stereocenters. The van der Waals surface area contributed by atoms with Gasteiger partial charge in [0.05, 0.1) is 0 Å². The topological polar surface area (TPSA) is 61.7 Å². The lowest BCUT2D eigenvalue weighted by Crippen LogP contribution is -2.53. The smallest absolute Gasteiger partial charge is 0.344 e. The molecule has 0 N–H and O–H groups in total. The minimum absolute atomic E-state index is 0.0319. The van der Waals surface area contributed by atoms with E-state index in [9.17, 15) is 9.59 Å². The molecule has 7 heteroatoms. The van der Waals surface area contributed by atoms with Crippen LogP contribution in [0.5, 0.6) is 0 Å². The molecule has 2 aliphatic rings. The maximum atomic E-state index is 12.8. The lowest BCUT2D eigenvalue weighted by Gasteiger charge is -2.45. The van der Waals surface area contributed by atoms with Crippen molar-refractivity contribution in [3.05, 3.63) is 47.3 Å². The van der Waals surface area contributed by atoms with E-state index < -0.39 is 0 Å². The van der Waals surface area contributed by atoms with E-state index >= 15 is 0 Å². The van der Waals surface area contributed by atoms with Gasteiger partial charge in [0.1, 0.15) is 5.69 Å². The maximum Gasteiger partial charge on any atom is 0.344 e. The van der Waals surface area contributed by atoms with Crippen molar-refractivity contribution in [3.63, 3.8) is 0 Å². The maximum absolute atomic E-state index is 12.8. The fourth-order valence-electron chi connectivity index (χ4n) is 4.84. The Morgan fingerprint density at radius 1 is 1.09 bits per heavy atom. The van der Waals surface area contributed by atoms with Crippen molar-refractivity contribution in [2.24, 2.45) is 0 Å². The van der Waals surface area contributed by atoms with E-state index in [-0.39, 0.29) is 17.4 Å². The van der Waals surface area contributed by atoms with Crippen molar-refractivity contribution in [1.29, 1.82) is 0 Å². The molecule has 1 aromatic heterocycles. The molecular formula is C25H35N5O2. The Morgan fingerprint density at radius 3 is 2.41 bits per heavy atom. The van der Waals surface area contributed by atoms with Gasteiger partial charge in [-0.3, -0.25) is 9.69 Å². The Kier molecular flexibility index (Phi) is 6.38. The monoisotopic (exact) mass is 437 g/mol. The molecule has 0 atom stereocenters. The van der Waals surface area contributed by atoms with Gasteiger partial charge < -0.3 is 9.80 Å². The zero-order valence-electron chi connectivity index (χ0n) is 19.8. The highest BCUT2D eigenvalue weighted by Gasteiger charge is 2.35. The molecule has 0 aliphatic carbocycles. The number of piperidine rings is 1. The number of hydrogen-bond acceptors (Lipinski definition) is 5. The van der Waals surface area contributed by atoms with Crippen LogP contribution in [0.4, 0.5) is 10.5 Å². The molecule has 172 valence electrons. The van der Waals surface area contributed by atoms with E-state index in [1.54, 1.807) is 12.3 Å². The zero-order valence-corrected chi connectivity index (χ0v) is 19.8. The van der Waals surface area contributed by atoms with Gasteiger partial charge >= 0.3 is 6.03 Å². The fourth-order valence-corrected chi connectivity index (χ4v) is 4.84. The SMILES string of the molecule is CC(=O)c1ccn(C(=O)N2CCC(C)(N(C)Cc3ccc(C)c(N4CCCC4)c3)CC2)n1. The third-order valence-electron chi connectivity index (χ3n) is 7.32. The lowest BCUT2D eigenvalue weighted by molar-refractivity contribution is 0.0585. The summed E-state index contributed by atoms with van der Waals surface area (Å²) in [5.74, 6) is -0.131. The average Bonchev–Trinajstić information content (AvgIpc) is 3.47. The van der Waals surface area contributed by atoms with Gasteiger partial charge in [-0.05, 0) is 69.8 Å². The molecule has 2 saturated heterocycles. The summed E-state index contributed by atoms with van der Waals surface area (Å²) < 4.78 is 1.29. The fraction of sp³-hybridized carbons (Fsp3) is 0.560. The van der Waals surface area contributed by atoms with E-state index in [2.05, 4.69) is 54.0 Å². The highest BCUT2D eigenvalue weighted by Crippen LogP contribution is 2.31. The second-order valence-corrected chi connectivity index (χ2v) is 9.64. The molecule has 0 radical (unpaired) electrons. The van der Waals surface area contributed by atoms with Crippen molar-refractivity contribution in [3.8, 4) is 0 Å². The first-order valence-electron chi connectivity index (χ1n) is 11.7. The Hall–Kier alpha value is -2.67. The van der Waals surface area contributed by atoms with Crippen LogP contribution in [-0.4, -0.2) is 70.2 Å². The van der Waals surface area contributed by atoms with Gasteiger partial charge in [-0.15, -0.1) is 0 Å². The quantitative estimate of drug-likeness (QED) is 0.663. The number of carbonyl (C=O) groups excluding carboxylic acids is 2. The summed E-state index contributed by atoms with van der Waals surface area (Å²) in [5.41, 5.74) is 4.43. The molecule has 7 nitrogen and oxygen atoms in total. The number of benzene rings is 1. The van der Waals surface area contributed by atoms with Gasteiger partial charge in [0.15, 0.2) is 5.78 Å². The van der Waals surface area contributed by atoms with Gasteiger partial charge in [0.2, 0.25) is 0 Å². The molecule has 2 aromatic rings. The van der Waals surface area contributed by atoms with Crippen molar-refractivity contribution in [2.75, 3.05) is 38.1 Å². The zero-order chi connectivity index (χ0) is 22.9. The minimum Gasteiger partial charge on any atom is -0.371 e. The normalized spacial score (nSPS) is 18.4. The van der Waals surface area contributed by atoms with Crippen LogP contribution < -0.4 is 4.90 Å². The third-order valence-corrected chi connectivity index (χ3v) is 7.32. The van der Waals surface area contributed by atoms with E-state index in [4.69, 9.17) is 0 Å². The second-order valence-electron chi connectivity index (χ2n) is 9.64. The number of nitrogens with zero attached hydrogens (tertiary/aromatic N) is 5. The van der Waals surface area contributed by atoms with Crippen molar-refractivity contribution >= 4 is 17.5 Å². The molecule has 1 aromatic carbocycles. The molecule has 3 heterocycles. The standard InChI is InChI=1S/C25H35N5O2/c1-19-7-8-21(17-23(19)28-12-5-6-13-28)18-27(4)25(3)10-15-29(16-11-25)24(32)30-14-9-22(26-30)20(2)31/h7-9,14,17H,5-6,10-13,15-16,18H2,1-4H3. The van der Waals surface area contributed by atoms with Crippen molar-refractivity contribution in [1.82, 2.24) is 19.6 Å². The Bertz CT molecular complexity index is 984. The number of amides is 1. The molecule has 2 fully saturated rings. The number of aromatic nitrogens is 2. The Morgan fingerprint density at radius 2 is 1.78 bits per heavy atom.